The predicted molar refractivity (Wildman–Crippen MR) is 58.3 cm³/mol. The molecule has 16 heavy (non-hydrogen) atoms. The lowest BCUT2D eigenvalue weighted by Gasteiger charge is -2.22. The van der Waals surface area contributed by atoms with E-state index in [1.165, 1.54) is 0 Å². The summed E-state index contributed by atoms with van der Waals surface area (Å²) in [4.78, 5) is 4.28. The summed E-state index contributed by atoms with van der Waals surface area (Å²) >= 11 is 0. The molecule has 1 atom stereocenters. The van der Waals surface area contributed by atoms with Crippen molar-refractivity contribution >= 4 is 5.95 Å². The van der Waals surface area contributed by atoms with Crippen LogP contribution in [0.5, 0.6) is 0 Å². The van der Waals surface area contributed by atoms with Crippen LogP contribution in [0.4, 0.5) is 5.95 Å². The zero-order valence-electron chi connectivity index (χ0n) is 9.56. The minimum absolute atomic E-state index is 0.0685. The lowest BCUT2D eigenvalue weighted by Crippen LogP contribution is -2.34. The second kappa shape index (κ2) is 5.18. The van der Waals surface area contributed by atoms with Gasteiger partial charge in [-0.2, -0.15) is 5.10 Å². The fraction of sp³-hybridized carbons (Fsp3) is 0.700. The van der Waals surface area contributed by atoms with Crippen LogP contribution in [-0.4, -0.2) is 47.7 Å². The third-order valence-electron chi connectivity index (χ3n) is 2.46. The molecule has 0 spiro atoms. The molecule has 1 aromatic rings. The van der Waals surface area contributed by atoms with Gasteiger partial charge in [-0.3, -0.25) is 0 Å². The van der Waals surface area contributed by atoms with Crippen LogP contribution in [0.25, 0.3) is 0 Å². The van der Waals surface area contributed by atoms with Crippen LogP contribution in [0, 0.1) is 13.8 Å². The number of aromatic nitrogens is 3. The Labute approximate surface area is 94.4 Å². The Kier molecular flexibility index (Phi) is 3.63. The Morgan fingerprint density at radius 3 is 2.81 bits per heavy atom. The monoisotopic (exact) mass is 224 g/mol. The van der Waals surface area contributed by atoms with Gasteiger partial charge in [0.25, 0.3) is 0 Å². The van der Waals surface area contributed by atoms with Gasteiger partial charge in [0.05, 0.1) is 37.3 Å². The van der Waals surface area contributed by atoms with E-state index in [2.05, 4.69) is 20.5 Å². The molecular weight excluding hydrogens is 208 g/mol. The molecule has 1 unspecified atom stereocenters. The van der Waals surface area contributed by atoms with Crippen LogP contribution >= 0.6 is 0 Å². The average Bonchev–Trinajstić information content (AvgIpc) is 2.32. The van der Waals surface area contributed by atoms with E-state index in [0.717, 1.165) is 11.4 Å². The number of anilines is 1. The van der Waals surface area contributed by atoms with Crippen LogP contribution in [0.15, 0.2) is 0 Å². The zero-order chi connectivity index (χ0) is 11.4. The lowest BCUT2D eigenvalue weighted by molar-refractivity contribution is -0.0819. The molecular formula is C10H16N4O2. The van der Waals surface area contributed by atoms with Crippen molar-refractivity contribution in [2.45, 2.75) is 20.0 Å². The van der Waals surface area contributed by atoms with Gasteiger partial charge in [-0.15, -0.1) is 5.10 Å². The second-order valence-corrected chi connectivity index (χ2v) is 3.75. The van der Waals surface area contributed by atoms with E-state index in [1.807, 2.05) is 13.8 Å². The molecule has 1 N–H and O–H groups in total. The van der Waals surface area contributed by atoms with Crippen molar-refractivity contribution in [2.24, 2.45) is 0 Å². The van der Waals surface area contributed by atoms with E-state index in [9.17, 15) is 0 Å². The van der Waals surface area contributed by atoms with Gasteiger partial charge in [0.15, 0.2) is 0 Å². The van der Waals surface area contributed by atoms with Gasteiger partial charge in [0.1, 0.15) is 0 Å². The van der Waals surface area contributed by atoms with E-state index in [1.54, 1.807) is 0 Å². The second-order valence-electron chi connectivity index (χ2n) is 3.75. The molecule has 1 aromatic heterocycles. The SMILES string of the molecule is Cc1nnc(NCC2COCCO2)nc1C. The summed E-state index contributed by atoms with van der Waals surface area (Å²) in [6.45, 7) is 6.39. The summed E-state index contributed by atoms with van der Waals surface area (Å²) in [5, 5.41) is 11.0. The Hall–Kier alpha value is -1.27. The van der Waals surface area contributed by atoms with Crippen molar-refractivity contribution in [3.8, 4) is 0 Å². The van der Waals surface area contributed by atoms with Crippen LogP contribution < -0.4 is 5.32 Å². The van der Waals surface area contributed by atoms with Gasteiger partial charge in [-0.1, -0.05) is 0 Å². The highest BCUT2D eigenvalue weighted by molar-refractivity contribution is 5.24. The summed E-state index contributed by atoms with van der Waals surface area (Å²) in [6.07, 6.45) is 0.0685. The molecule has 0 saturated carbocycles. The smallest absolute Gasteiger partial charge is 0.243 e. The zero-order valence-corrected chi connectivity index (χ0v) is 9.56. The van der Waals surface area contributed by atoms with Crippen molar-refractivity contribution in [3.63, 3.8) is 0 Å². The van der Waals surface area contributed by atoms with Gasteiger partial charge in [0.2, 0.25) is 5.95 Å². The number of hydrogen-bond acceptors (Lipinski definition) is 6. The molecule has 0 radical (unpaired) electrons. The largest absolute Gasteiger partial charge is 0.376 e. The number of nitrogens with zero attached hydrogens (tertiary/aromatic N) is 3. The van der Waals surface area contributed by atoms with Gasteiger partial charge < -0.3 is 14.8 Å². The molecule has 2 heterocycles. The number of aryl methyl sites for hydroxylation is 2. The van der Waals surface area contributed by atoms with E-state index >= 15 is 0 Å². The number of hydrogen-bond donors (Lipinski definition) is 1. The molecule has 0 amide bonds. The summed E-state index contributed by atoms with van der Waals surface area (Å²) < 4.78 is 10.8. The molecule has 6 heteroatoms. The molecule has 1 aliphatic heterocycles. The molecule has 6 nitrogen and oxygen atoms in total. The minimum Gasteiger partial charge on any atom is -0.376 e. The maximum atomic E-state index is 5.49. The molecule has 1 fully saturated rings. The standard InChI is InChI=1S/C10H16N4O2/c1-7-8(2)13-14-10(12-7)11-5-9-6-15-3-4-16-9/h9H,3-6H2,1-2H3,(H,11,12,14). The maximum absolute atomic E-state index is 5.49. The number of ether oxygens (including phenoxy) is 2. The minimum atomic E-state index is 0.0685. The van der Waals surface area contributed by atoms with E-state index in [0.29, 0.717) is 32.3 Å². The molecule has 2 rings (SSSR count). The van der Waals surface area contributed by atoms with Crippen LogP contribution in [0.2, 0.25) is 0 Å². The van der Waals surface area contributed by atoms with Gasteiger partial charge in [0, 0.05) is 6.54 Å². The van der Waals surface area contributed by atoms with E-state index in [-0.39, 0.29) is 6.10 Å². The average molecular weight is 224 g/mol. The quantitative estimate of drug-likeness (QED) is 0.797. The highest BCUT2D eigenvalue weighted by atomic mass is 16.6. The molecule has 0 aliphatic carbocycles. The molecule has 1 saturated heterocycles. The molecule has 0 bridgehead atoms. The first-order valence-electron chi connectivity index (χ1n) is 5.37. The van der Waals surface area contributed by atoms with Crippen LogP contribution in [0.1, 0.15) is 11.4 Å². The summed E-state index contributed by atoms with van der Waals surface area (Å²) in [5.41, 5.74) is 1.74. The fourth-order valence-corrected chi connectivity index (χ4v) is 1.39. The van der Waals surface area contributed by atoms with Crippen molar-refractivity contribution < 1.29 is 9.47 Å². The van der Waals surface area contributed by atoms with Crippen LogP contribution in [0.3, 0.4) is 0 Å². The Balaban J connectivity index is 1.86. The summed E-state index contributed by atoms with van der Waals surface area (Å²) in [7, 11) is 0. The fourth-order valence-electron chi connectivity index (χ4n) is 1.39. The Bertz CT molecular complexity index is 353. The first kappa shape index (κ1) is 11.2. The topological polar surface area (TPSA) is 69.2 Å². The van der Waals surface area contributed by atoms with Crippen molar-refractivity contribution in [3.05, 3.63) is 11.4 Å². The highest BCUT2D eigenvalue weighted by Crippen LogP contribution is 2.04. The number of nitrogens with one attached hydrogen (secondary N) is 1. The Morgan fingerprint density at radius 2 is 2.12 bits per heavy atom. The van der Waals surface area contributed by atoms with E-state index in [4.69, 9.17) is 9.47 Å². The normalized spacial score (nSPS) is 20.8. The van der Waals surface area contributed by atoms with Gasteiger partial charge in [-0.05, 0) is 13.8 Å². The molecule has 88 valence electrons. The van der Waals surface area contributed by atoms with Crippen molar-refractivity contribution in [1.82, 2.24) is 15.2 Å². The first-order chi connectivity index (χ1) is 7.75. The predicted octanol–water partition coefficient (Wildman–Crippen LogP) is 0.316. The molecule has 1 aliphatic rings. The van der Waals surface area contributed by atoms with E-state index < -0.39 is 0 Å². The summed E-state index contributed by atoms with van der Waals surface area (Å²) in [5.74, 6) is 0.539. The maximum Gasteiger partial charge on any atom is 0.243 e. The number of rotatable bonds is 3. The van der Waals surface area contributed by atoms with Gasteiger partial charge >= 0.3 is 0 Å². The lowest BCUT2D eigenvalue weighted by atomic mass is 10.3. The van der Waals surface area contributed by atoms with Crippen molar-refractivity contribution in [2.75, 3.05) is 31.7 Å². The van der Waals surface area contributed by atoms with Crippen LogP contribution in [-0.2, 0) is 9.47 Å². The third kappa shape index (κ3) is 2.86. The molecule has 0 aromatic carbocycles. The third-order valence-corrected chi connectivity index (χ3v) is 2.46. The first-order valence-corrected chi connectivity index (χ1v) is 5.37. The highest BCUT2D eigenvalue weighted by Gasteiger charge is 2.14. The van der Waals surface area contributed by atoms with Gasteiger partial charge in [-0.25, -0.2) is 4.98 Å². The van der Waals surface area contributed by atoms with Crippen molar-refractivity contribution in [1.29, 1.82) is 0 Å². The summed E-state index contributed by atoms with van der Waals surface area (Å²) in [6, 6.07) is 0. The Morgan fingerprint density at radius 1 is 1.25 bits per heavy atom.